The maximum atomic E-state index is 12.5. The van der Waals surface area contributed by atoms with Crippen LogP contribution in [0.1, 0.15) is 59.3 Å². The molecule has 0 saturated carbocycles. The maximum Gasteiger partial charge on any atom is 0.241 e. The quantitative estimate of drug-likeness (QED) is 0.627. The number of unbranched alkanes of at least 4 members (excludes halogenated alkanes) is 2. The van der Waals surface area contributed by atoms with Gasteiger partial charge in [-0.15, -0.1) is 0 Å². The lowest BCUT2D eigenvalue weighted by Gasteiger charge is -2.25. The second-order valence-corrected chi connectivity index (χ2v) is 7.22. The Bertz CT molecular complexity index is 284. The predicted molar refractivity (Wildman–Crippen MR) is 89.0 cm³/mol. The van der Waals surface area contributed by atoms with Gasteiger partial charge in [0.05, 0.1) is 12.2 Å². The second-order valence-electron chi connectivity index (χ2n) is 6.24. The van der Waals surface area contributed by atoms with Gasteiger partial charge in [-0.3, -0.25) is 10.1 Å². The van der Waals surface area contributed by atoms with Crippen molar-refractivity contribution < 1.29 is 4.79 Å². The first kappa shape index (κ1) is 17.8. The van der Waals surface area contributed by atoms with Crippen molar-refractivity contribution in [2.45, 2.75) is 71.5 Å². The average molecular weight is 301 g/mol. The zero-order valence-corrected chi connectivity index (χ0v) is 14.5. The number of carbonyl (C=O) groups is 1. The number of nitrogens with zero attached hydrogens (tertiary/aromatic N) is 1. The Morgan fingerprint density at radius 3 is 2.65 bits per heavy atom. The molecule has 1 rings (SSSR count). The van der Waals surface area contributed by atoms with Crippen molar-refractivity contribution in [2.24, 2.45) is 5.92 Å². The highest BCUT2D eigenvalue weighted by Crippen LogP contribution is 2.21. The smallest absolute Gasteiger partial charge is 0.241 e. The molecule has 0 spiro atoms. The number of carbonyl (C=O) groups excluding carboxylic acids is 1. The Morgan fingerprint density at radius 2 is 2.05 bits per heavy atom. The van der Waals surface area contributed by atoms with Crippen LogP contribution < -0.4 is 5.32 Å². The van der Waals surface area contributed by atoms with Crippen LogP contribution in [-0.2, 0) is 4.79 Å². The zero-order valence-electron chi connectivity index (χ0n) is 13.7. The molecule has 1 N–H and O–H groups in total. The lowest BCUT2D eigenvalue weighted by molar-refractivity contribution is -0.130. The minimum atomic E-state index is 0.0688. The molecule has 1 fully saturated rings. The fraction of sp³-hybridized carbons (Fsp3) is 0.938. The summed E-state index contributed by atoms with van der Waals surface area (Å²) < 4.78 is 0. The van der Waals surface area contributed by atoms with E-state index >= 15 is 0 Å². The molecule has 1 heterocycles. The van der Waals surface area contributed by atoms with Crippen molar-refractivity contribution in [1.29, 1.82) is 0 Å². The van der Waals surface area contributed by atoms with Gasteiger partial charge in [-0.05, 0) is 43.6 Å². The van der Waals surface area contributed by atoms with E-state index in [-0.39, 0.29) is 12.2 Å². The van der Waals surface area contributed by atoms with E-state index in [0.717, 1.165) is 38.6 Å². The monoisotopic (exact) mass is 300 g/mol. The van der Waals surface area contributed by atoms with E-state index in [2.05, 4.69) is 37.2 Å². The number of hydrogen-bond acceptors (Lipinski definition) is 3. The molecule has 0 aromatic heterocycles. The van der Waals surface area contributed by atoms with Crippen molar-refractivity contribution in [1.82, 2.24) is 10.2 Å². The van der Waals surface area contributed by atoms with Gasteiger partial charge < -0.3 is 4.90 Å². The Morgan fingerprint density at radius 1 is 1.30 bits per heavy atom. The molecule has 1 aliphatic heterocycles. The van der Waals surface area contributed by atoms with Gasteiger partial charge in [0.1, 0.15) is 0 Å². The summed E-state index contributed by atoms with van der Waals surface area (Å²) >= 11 is 1.89. The second kappa shape index (κ2) is 9.67. The number of thioether (sulfide) groups is 1. The number of hydrogen-bond donors (Lipinski definition) is 1. The molecular weight excluding hydrogens is 268 g/mol. The summed E-state index contributed by atoms with van der Waals surface area (Å²) in [5.74, 6) is 2.16. The van der Waals surface area contributed by atoms with Crippen molar-refractivity contribution in [3.05, 3.63) is 0 Å². The van der Waals surface area contributed by atoms with Crippen molar-refractivity contribution in [3.8, 4) is 0 Å². The van der Waals surface area contributed by atoms with Crippen molar-refractivity contribution >= 4 is 17.7 Å². The van der Waals surface area contributed by atoms with Gasteiger partial charge in [0.2, 0.25) is 5.91 Å². The first-order valence-electron chi connectivity index (χ1n) is 8.15. The van der Waals surface area contributed by atoms with Gasteiger partial charge in [-0.1, -0.05) is 33.6 Å². The van der Waals surface area contributed by atoms with Gasteiger partial charge in [0.15, 0.2) is 0 Å². The molecule has 1 aliphatic rings. The molecule has 0 bridgehead atoms. The highest BCUT2D eigenvalue weighted by atomic mass is 32.2. The summed E-state index contributed by atoms with van der Waals surface area (Å²) in [5.41, 5.74) is 0. The maximum absolute atomic E-state index is 12.5. The zero-order chi connectivity index (χ0) is 15.0. The first-order valence-corrected chi connectivity index (χ1v) is 9.55. The van der Waals surface area contributed by atoms with Crippen LogP contribution in [0.4, 0.5) is 0 Å². The third-order valence-corrected chi connectivity index (χ3v) is 4.59. The summed E-state index contributed by atoms with van der Waals surface area (Å²) in [5, 5.41) is 3.57. The third kappa shape index (κ3) is 5.65. The molecule has 4 heteroatoms. The number of amides is 1. The molecule has 2 unspecified atom stereocenters. The van der Waals surface area contributed by atoms with Gasteiger partial charge in [0, 0.05) is 6.54 Å². The van der Waals surface area contributed by atoms with E-state index in [9.17, 15) is 4.79 Å². The summed E-state index contributed by atoms with van der Waals surface area (Å²) in [6.07, 6.45) is 9.10. The van der Waals surface area contributed by atoms with Gasteiger partial charge in [0.25, 0.3) is 0 Å². The van der Waals surface area contributed by atoms with Crippen LogP contribution in [0.25, 0.3) is 0 Å². The lowest BCUT2D eigenvalue weighted by Crippen LogP contribution is -2.39. The SMILES string of the molecule is CCCCC1NC(CC(C)C)N(CCCCSC)C1=O. The average Bonchev–Trinajstić information content (AvgIpc) is 2.68. The Hall–Kier alpha value is -0.220. The molecule has 0 radical (unpaired) electrons. The van der Waals surface area contributed by atoms with Crippen LogP contribution >= 0.6 is 11.8 Å². The number of rotatable bonds is 10. The van der Waals surface area contributed by atoms with E-state index in [0.29, 0.717) is 11.8 Å². The Labute approximate surface area is 129 Å². The normalized spacial score (nSPS) is 23.1. The summed E-state index contributed by atoms with van der Waals surface area (Å²) in [7, 11) is 0. The molecule has 0 aromatic carbocycles. The Balaban J connectivity index is 2.52. The van der Waals surface area contributed by atoms with E-state index < -0.39 is 0 Å². The van der Waals surface area contributed by atoms with Crippen molar-refractivity contribution in [3.63, 3.8) is 0 Å². The van der Waals surface area contributed by atoms with Crippen LogP contribution in [0.2, 0.25) is 0 Å². The summed E-state index contributed by atoms with van der Waals surface area (Å²) in [6, 6.07) is 0.0688. The highest BCUT2D eigenvalue weighted by Gasteiger charge is 2.37. The minimum absolute atomic E-state index is 0.0688. The molecule has 1 amide bonds. The third-order valence-electron chi connectivity index (χ3n) is 3.89. The molecular formula is C16H32N2OS. The molecule has 2 atom stereocenters. The van der Waals surface area contributed by atoms with Crippen LogP contribution in [0, 0.1) is 5.92 Å². The molecule has 3 nitrogen and oxygen atoms in total. The summed E-state index contributed by atoms with van der Waals surface area (Å²) in [4.78, 5) is 14.6. The van der Waals surface area contributed by atoms with Crippen molar-refractivity contribution in [2.75, 3.05) is 18.6 Å². The van der Waals surface area contributed by atoms with Gasteiger partial charge in [-0.25, -0.2) is 0 Å². The lowest BCUT2D eigenvalue weighted by atomic mass is 10.1. The van der Waals surface area contributed by atoms with E-state index in [1.807, 2.05) is 11.8 Å². The van der Waals surface area contributed by atoms with Gasteiger partial charge >= 0.3 is 0 Å². The minimum Gasteiger partial charge on any atom is -0.326 e. The Kier molecular flexibility index (Phi) is 8.62. The van der Waals surface area contributed by atoms with Crippen LogP contribution in [0.3, 0.4) is 0 Å². The van der Waals surface area contributed by atoms with Crippen LogP contribution in [-0.4, -0.2) is 41.6 Å². The molecule has 0 aliphatic carbocycles. The summed E-state index contributed by atoms with van der Waals surface area (Å²) in [6.45, 7) is 7.58. The fourth-order valence-corrected chi connectivity index (χ4v) is 3.29. The standard InChI is InChI=1S/C16H32N2OS/c1-5-6-9-14-16(19)18(10-7-8-11-20-4)15(17-14)12-13(2)3/h13-15,17H,5-12H2,1-4H3. The highest BCUT2D eigenvalue weighted by molar-refractivity contribution is 7.98. The largest absolute Gasteiger partial charge is 0.326 e. The molecule has 118 valence electrons. The first-order chi connectivity index (χ1) is 9.60. The van der Waals surface area contributed by atoms with E-state index in [1.165, 1.54) is 12.2 Å². The molecule has 0 aromatic rings. The van der Waals surface area contributed by atoms with E-state index in [1.54, 1.807) is 0 Å². The number of nitrogens with one attached hydrogen (secondary N) is 1. The van der Waals surface area contributed by atoms with Gasteiger partial charge in [-0.2, -0.15) is 11.8 Å². The van der Waals surface area contributed by atoms with Crippen LogP contribution in [0.5, 0.6) is 0 Å². The molecule has 20 heavy (non-hydrogen) atoms. The van der Waals surface area contributed by atoms with Crippen LogP contribution in [0.15, 0.2) is 0 Å². The predicted octanol–water partition coefficient (Wildman–Crippen LogP) is 3.49. The molecule has 1 saturated heterocycles. The topological polar surface area (TPSA) is 32.3 Å². The van der Waals surface area contributed by atoms with E-state index in [4.69, 9.17) is 0 Å². The fourth-order valence-electron chi connectivity index (χ4n) is 2.80.